The number of rotatable bonds is 4. The maximum Gasteiger partial charge on any atom is 0.255 e. The van der Waals surface area contributed by atoms with Crippen LogP contribution in [0.3, 0.4) is 0 Å². The molecule has 3 nitrogen and oxygen atoms in total. The Bertz CT molecular complexity index is 686. The van der Waals surface area contributed by atoms with Crippen LogP contribution in [0.1, 0.15) is 43.4 Å². The highest BCUT2D eigenvalue weighted by Crippen LogP contribution is 2.46. The lowest BCUT2D eigenvalue weighted by atomic mass is 9.71. The summed E-state index contributed by atoms with van der Waals surface area (Å²) in [6, 6.07) is 12.1. The summed E-state index contributed by atoms with van der Waals surface area (Å²) >= 11 is 5.09. The van der Waals surface area contributed by atoms with Crippen LogP contribution in [0, 0.1) is 11.7 Å². The summed E-state index contributed by atoms with van der Waals surface area (Å²) in [6.07, 6.45) is 7.19. The Kier molecular flexibility index (Phi) is 5.09. The number of ether oxygens (including phenoxy) is 1. The quantitative estimate of drug-likeness (QED) is 0.840. The second-order valence-electron chi connectivity index (χ2n) is 6.21. The maximum atomic E-state index is 13.5. The summed E-state index contributed by atoms with van der Waals surface area (Å²) in [6.45, 7) is 0. The fraction of sp³-hybridized carbons (Fsp3) is 0.368. The zero-order valence-electron chi connectivity index (χ0n) is 13.5. The number of hydrogen-bond donors (Lipinski definition) is 1. The molecule has 0 aliphatic heterocycles. The molecule has 0 spiro atoms. The van der Waals surface area contributed by atoms with E-state index in [0.29, 0.717) is 0 Å². The van der Waals surface area contributed by atoms with Crippen molar-refractivity contribution in [3.63, 3.8) is 0 Å². The number of aromatic nitrogens is 1. The van der Waals surface area contributed by atoms with Crippen LogP contribution in [0.2, 0.25) is 0 Å². The van der Waals surface area contributed by atoms with E-state index in [4.69, 9.17) is 22.7 Å². The van der Waals surface area contributed by atoms with Gasteiger partial charge in [-0.25, -0.2) is 4.39 Å². The number of thiocarbonyl (C=S) groups is 1. The summed E-state index contributed by atoms with van der Waals surface area (Å²) in [5, 5.41) is -0.0180. The minimum absolute atomic E-state index is 0.0180. The predicted molar refractivity (Wildman–Crippen MR) is 95.9 cm³/mol. The molecule has 2 aromatic rings. The van der Waals surface area contributed by atoms with Gasteiger partial charge in [0.1, 0.15) is 5.82 Å². The van der Waals surface area contributed by atoms with Gasteiger partial charge in [-0.05, 0) is 49.3 Å². The molecule has 0 radical (unpaired) electrons. The average Bonchev–Trinajstić information content (AvgIpc) is 2.62. The first-order valence-corrected chi connectivity index (χ1v) is 8.70. The zero-order valence-corrected chi connectivity index (χ0v) is 14.3. The van der Waals surface area contributed by atoms with E-state index in [1.807, 2.05) is 18.2 Å². The van der Waals surface area contributed by atoms with E-state index in [9.17, 15) is 4.39 Å². The summed E-state index contributed by atoms with van der Waals surface area (Å²) in [5.74, 6) is -0.0965. The van der Waals surface area contributed by atoms with Crippen molar-refractivity contribution in [2.75, 3.05) is 0 Å². The summed E-state index contributed by atoms with van der Waals surface area (Å²) in [7, 11) is 0. The standard InChI is InChI=1S/C19H21FN2OS/c20-16-11-9-15(10-12-16)19(23-18(21)24,14-6-2-1-3-7-14)17-8-4-5-13-22-17/h4-5,8-14H,1-3,6-7H2,(H2,21,24)/t19-/m0/s1. The van der Waals surface area contributed by atoms with Crippen LogP contribution in [0.4, 0.5) is 4.39 Å². The van der Waals surface area contributed by atoms with E-state index in [-0.39, 0.29) is 16.9 Å². The van der Waals surface area contributed by atoms with Gasteiger partial charge in [-0.15, -0.1) is 0 Å². The zero-order chi connectivity index (χ0) is 17.0. The third-order valence-electron chi connectivity index (χ3n) is 4.76. The number of pyridine rings is 1. The van der Waals surface area contributed by atoms with Crippen LogP contribution in [0.15, 0.2) is 48.7 Å². The van der Waals surface area contributed by atoms with Crippen molar-refractivity contribution in [3.8, 4) is 0 Å². The lowest BCUT2D eigenvalue weighted by molar-refractivity contribution is 0.0106. The number of benzene rings is 1. The molecule has 24 heavy (non-hydrogen) atoms. The number of nitrogens with zero attached hydrogens (tertiary/aromatic N) is 1. The van der Waals surface area contributed by atoms with Gasteiger partial charge in [0, 0.05) is 17.7 Å². The molecule has 3 rings (SSSR count). The first-order chi connectivity index (χ1) is 11.6. The van der Waals surface area contributed by atoms with Crippen LogP contribution in [-0.4, -0.2) is 10.2 Å². The number of halogens is 1. The van der Waals surface area contributed by atoms with Gasteiger partial charge >= 0.3 is 0 Å². The average molecular weight is 344 g/mol. The van der Waals surface area contributed by atoms with E-state index in [2.05, 4.69) is 4.98 Å². The third-order valence-corrected chi connectivity index (χ3v) is 4.84. The molecule has 1 saturated carbocycles. The maximum absolute atomic E-state index is 13.5. The Morgan fingerprint density at radius 1 is 1.12 bits per heavy atom. The highest BCUT2D eigenvalue weighted by molar-refractivity contribution is 7.80. The van der Waals surface area contributed by atoms with Gasteiger partial charge in [0.15, 0.2) is 5.60 Å². The first kappa shape index (κ1) is 16.8. The molecule has 1 aromatic heterocycles. The second kappa shape index (κ2) is 7.26. The largest absolute Gasteiger partial charge is 0.453 e. The van der Waals surface area contributed by atoms with Crippen LogP contribution >= 0.6 is 12.2 Å². The lowest BCUT2D eigenvalue weighted by Crippen LogP contribution is -2.44. The molecule has 1 aromatic carbocycles. The third kappa shape index (κ3) is 3.26. The highest BCUT2D eigenvalue weighted by atomic mass is 32.1. The highest BCUT2D eigenvalue weighted by Gasteiger charge is 2.46. The van der Waals surface area contributed by atoms with Crippen LogP contribution in [0.5, 0.6) is 0 Å². The minimum Gasteiger partial charge on any atom is -0.453 e. The number of nitrogens with two attached hydrogens (primary N) is 1. The Balaban J connectivity index is 2.18. The van der Waals surface area contributed by atoms with Gasteiger partial charge in [0.2, 0.25) is 0 Å². The molecule has 2 N–H and O–H groups in total. The molecule has 5 heteroatoms. The molecule has 0 unspecified atom stereocenters. The van der Waals surface area contributed by atoms with Gasteiger partial charge in [0.05, 0.1) is 5.69 Å². The molecule has 0 saturated heterocycles. The van der Waals surface area contributed by atoms with Crippen molar-refractivity contribution < 1.29 is 9.13 Å². The van der Waals surface area contributed by atoms with Crippen molar-refractivity contribution >= 4 is 17.4 Å². The monoisotopic (exact) mass is 344 g/mol. The first-order valence-electron chi connectivity index (χ1n) is 8.29. The van der Waals surface area contributed by atoms with Crippen LogP contribution < -0.4 is 5.73 Å². The molecule has 126 valence electrons. The van der Waals surface area contributed by atoms with Crippen molar-refractivity contribution in [2.24, 2.45) is 11.7 Å². The SMILES string of the molecule is NC(=S)O[C@@](c1ccc(F)cc1)(c1ccccn1)C1CCCCC1. The summed E-state index contributed by atoms with van der Waals surface area (Å²) in [4.78, 5) is 4.54. The normalized spacial score (nSPS) is 17.9. The second-order valence-corrected chi connectivity index (χ2v) is 6.62. The van der Waals surface area contributed by atoms with E-state index in [0.717, 1.165) is 36.9 Å². The van der Waals surface area contributed by atoms with Crippen molar-refractivity contribution in [1.29, 1.82) is 0 Å². The molecule has 1 aliphatic rings. The van der Waals surface area contributed by atoms with Gasteiger partial charge in [-0.1, -0.05) is 37.5 Å². The van der Waals surface area contributed by atoms with Crippen molar-refractivity contribution in [1.82, 2.24) is 4.98 Å². The van der Waals surface area contributed by atoms with Gasteiger partial charge in [-0.3, -0.25) is 4.98 Å². The molecule has 0 amide bonds. The summed E-state index contributed by atoms with van der Waals surface area (Å²) < 4.78 is 19.6. The molecular weight excluding hydrogens is 323 g/mol. The van der Waals surface area contributed by atoms with Gasteiger partial charge < -0.3 is 10.5 Å². The fourth-order valence-electron chi connectivity index (χ4n) is 3.73. The van der Waals surface area contributed by atoms with Crippen molar-refractivity contribution in [3.05, 3.63) is 65.7 Å². The molecule has 1 aliphatic carbocycles. The smallest absolute Gasteiger partial charge is 0.255 e. The Morgan fingerprint density at radius 3 is 2.42 bits per heavy atom. The topological polar surface area (TPSA) is 48.1 Å². The van der Waals surface area contributed by atoms with Crippen LogP contribution in [-0.2, 0) is 10.3 Å². The van der Waals surface area contributed by atoms with Gasteiger partial charge in [0.25, 0.3) is 5.17 Å². The Labute approximate surface area is 147 Å². The number of hydrogen-bond acceptors (Lipinski definition) is 3. The van der Waals surface area contributed by atoms with E-state index >= 15 is 0 Å². The lowest BCUT2D eigenvalue weighted by Gasteiger charge is -2.42. The van der Waals surface area contributed by atoms with Crippen LogP contribution in [0.25, 0.3) is 0 Å². The minimum atomic E-state index is -0.874. The Hall–Kier alpha value is -2.01. The van der Waals surface area contributed by atoms with E-state index in [1.165, 1.54) is 18.6 Å². The Morgan fingerprint density at radius 2 is 1.83 bits per heavy atom. The van der Waals surface area contributed by atoms with Crippen molar-refractivity contribution in [2.45, 2.75) is 37.7 Å². The molecule has 1 fully saturated rings. The summed E-state index contributed by atoms with van der Waals surface area (Å²) in [5.41, 5.74) is 6.52. The predicted octanol–water partition coefficient (Wildman–Crippen LogP) is 4.30. The molecule has 1 heterocycles. The van der Waals surface area contributed by atoms with E-state index < -0.39 is 5.60 Å². The molecule has 0 bridgehead atoms. The van der Waals surface area contributed by atoms with E-state index in [1.54, 1.807) is 18.3 Å². The van der Waals surface area contributed by atoms with Gasteiger partial charge in [-0.2, -0.15) is 0 Å². The molecule has 1 atom stereocenters. The molecular formula is C19H21FN2OS. The fourth-order valence-corrected chi connectivity index (χ4v) is 3.87.